The molecule has 0 amide bonds. The fraction of sp³-hybridized carbons (Fsp3) is 0.615. The Balaban J connectivity index is 2.18. The molecule has 0 radical (unpaired) electrons. The van der Waals surface area contributed by atoms with Crippen molar-refractivity contribution in [1.82, 2.24) is 0 Å². The molecule has 0 unspecified atom stereocenters. The summed E-state index contributed by atoms with van der Waals surface area (Å²) in [6.45, 7) is 4.93. The van der Waals surface area contributed by atoms with E-state index >= 15 is 0 Å². The van der Waals surface area contributed by atoms with Crippen molar-refractivity contribution in [2.45, 2.75) is 90.3 Å². The van der Waals surface area contributed by atoms with Crippen LogP contribution in [0.25, 0.3) is 0 Å². The molecule has 0 aromatic heterocycles. The molecule has 1 aromatic carbocycles. The average Bonchev–Trinajstić information content (AvgIpc) is 2.76. The van der Waals surface area contributed by atoms with E-state index in [1.54, 1.807) is 0 Å². The molecule has 0 aliphatic heterocycles. The smallest absolute Gasteiger partial charge is 0.119 e. The summed E-state index contributed by atoms with van der Waals surface area (Å²) in [6, 6.07) is 7.29. The topological polar surface area (TPSA) is 58.9 Å². The fourth-order valence-corrected chi connectivity index (χ4v) is 2.92. The SMILES string of the molecule is CCCCC/C=C/C[C@H](O)COc1ccc(OC[C@@H](O)C/C=C/CCCCC)cc1. The van der Waals surface area contributed by atoms with Crippen molar-refractivity contribution in [1.29, 1.82) is 0 Å². The van der Waals surface area contributed by atoms with Gasteiger partial charge in [0.25, 0.3) is 0 Å². The van der Waals surface area contributed by atoms with Gasteiger partial charge in [0.1, 0.15) is 24.7 Å². The second-order valence-electron chi connectivity index (χ2n) is 7.81. The zero-order chi connectivity index (χ0) is 21.9. The molecule has 4 nitrogen and oxygen atoms in total. The highest BCUT2D eigenvalue weighted by Gasteiger charge is 2.05. The van der Waals surface area contributed by atoms with Gasteiger partial charge < -0.3 is 19.7 Å². The van der Waals surface area contributed by atoms with E-state index in [1.165, 1.54) is 38.5 Å². The molecule has 30 heavy (non-hydrogen) atoms. The van der Waals surface area contributed by atoms with Crippen molar-refractivity contribution >= 4 is 0 Å². The lowest BCUT2D eigenvalue weighted by Crippen LogP contribution is -2.17. The number of allylic oxidation sites excluding steroid dienone is 2. The molecule has 0 spiro atoms. The van der Waals surface area contributed by atoms with Crippen molar-refractivity contribution in [2.24, 2.45) is 0 Å². The van der Waals surface area contributed by atoms with Gasteiger partial charge in [-0.05, 0) is 62.8 Å². The third-order valence-electron chi connectivity index (χ3n) is 4.81. The summed E-state index contributed by atoms with van der Waals surface area (Å²) < 4.78 is 11.3. The molecular weight excluding hydrogens is 376 g/mol. The maximum atomic E-state index is 10.0. The lowest BCUT2D eigenvalue weighted by Gasteiger charge is -2.13. The van der Waals surface area contributed by atoms with E-state index in [0.717, 1.165) is 12.8 Å². The summed E-state index contributed by atoms with van der Waals surface area (Å²) >= 11 is 0. The van der Waals surface area contributed by atoms with Gasteiger partial charge in [0.2, 0.25) is 0 Å². The van der Waals surface area contributed by atoms with Gasteiger partial charge in [-0.3, -0.25) is 0 Å². The Labute approximate surface area is 183 Å². The molecule has 0 bridgehead atoms. The molecule has 0 saturated heterocycles. The lowest BCUT2D eigenvalue weighted by atomic mass is 10.2. The standard InChI is InChI=1S/C26H42O4/c1-3-5-7-9-11-13-15-23(27)21-29-25-17-19-26(20-18-25)30-22-24(28)16-14-12-10-8-6-4-2/h11-14,17-20,23-24,27-28H,3-10,15-16,21-22H2,1-2H3/b13-11+,14-12+/t23-,24-/m0/s1. The van der Waals surface area contributed by atoms with Gasteiger partial charge in [0, 0.05) is 0 Å². The van der Waals surface area contributed by atoms with Crippen LogP contribution in [0.15, 0.2) is 48.6 Å². The Kier molecular flexibility index (Phi) is 15.8. The summed E-state index contributed by atoms with van der Waals surface area (Å²) in [5.74, 6) is 1.40. The van der Waals surface area contributed by atoms with Gasteiger partial charge in [-0.2, -0.15) is 0 Å². The molecule has 0 aliphatic rings. The van der Waals surface area contributed by atoms with Gasteiger partial charge in [0.15, 0.2) is 0 Å². The summed E-state index contributed by atoms with van der Waals surface area (Å²) in [5, 5.41) is 20.0. The third-order valence-corrected chi connectivity index (χ3v) is 4.81. The molecular formula is C26H42O4. The first-order valence-electron chi connectivity index (χ1n) is 11.7. The van der Waals surface area contributed by atoms with Gasteiger partial charge in [-0.1, -0.05) is 63.8 Å². The van der Waals surface area contributed by atoms with Crippen molar-refractivity contribution in [3.63, 3.8) is 0 Å². The summed E-state index contributed by atoms with van der Waals surface area (Å²) in [7, 11) is 0. The number of benzene rings is 1. The predicted molar refractivity (Wildman–Crippen MR) is 125 cm³/mol. The Morgan fingerprint density at radius 2 is 1.07 bits per heavy atom. The van der Waals surface area contributed by atoms with E-state index in [9.17, 15) is 10.2 Å². The second kappa shape index (κ2) is 18.0. The minimum Gasteiger partial charge on any atom is -0.491 e. The lowest BCUT2D eigenvalue weighted by molar-refractivity contribution is 0.108. The van der Waals surface area contributed by atoms with E-state index in [1.807, 2.05) is 36.4 Å². The zero-order valence-corrected chi connectivity index (χ0v) is 19.0. The van der Waals surface area contributed by atoms with E-state index in [0.29, 0.717) is 24.3 Å². The zero-order valence-electron chi connectivity index (χ0n) is 19.0. The summed E-state index contributed by atoms with van der Waals surface area (Å²) in [6.07, 6.45) is 18.1. The van der Waals surface area contributed by atoms with Crippen LogP contribution in [0.3, 0.4) is 0 Å². The Morgan fingerprint density at radius 3 is 1.43 bits per heavy atom. The molecule has 0 heterocycles. The maximum Gasteiger partial charge on any atom is 0.119 e. The van der Waals surface area contributed by atoms with Crippen LogP contribution >= 0.6 is 0 Å². The first-order chi connectivity index (χ1) is 14.7. The molecule has 1 aromatic rings. The van der Waals surface area contributed by atoms with E-state index in [2.05, 4.69) is 26.0 Å². The number of hydrogen-bond donors (Lipinski definition) is 2. The fourth-order valence-electron chi connectivity index (χ4n) is 2.92. The minimum absolute atomic E-state index is 0.267. The average molecular weight is 419 g/mol. The van der Waals surface area contributed by atoms with Gasteiger partial charge >= 0.3 is 0 Å². The number of aliphatic hydroxyl groups is 2. The third kappa shape index (κ3) is 14.2. The minimum atomic E-state index is -0.506. The van der Waals surface area contributed by atoms with Crippen molar-refractivity contribution < 1.29 is 19.7 Å². The molecule has 170 valence electrons. The molecule has 0 aliphatic carbocycles. The van der Waals surface area contributed by atoms with Gasteiger partial charge in [-0.25, -0.2) is 0 Å². The highest BCUT2D eigenvalue weighted by Crippen LogP contribution is 2.18. The number of unbranched alkanes of at least 4 members (excludes halogenated alkanes) is 6. The maximum absolute atomic E-state index is 10.0. The van der Waals surface area contributed by atoms with Crippen molar-refractivity contribution in [3.8, 4) is 11.5 Å². The van der Waals surface area contributed by atoms with E-state index < -0.39 is 12.2 Å². The van der Waals surface area contributed by atoms with Crippen LogP contribution in [0.4, 0.5) is 0 Å². The second-order valence-corrected chi connectivity index (χ2v) is 7.81. The normalized spacial score (nSPS) is 13.7. The van der Waals surface area contributed by atoms with Crippen molar-refractivity contribution in [3.05, 3.63) is 48.6 Å². The highest BCUT2D eigenvalue weighted by molar-refractivity contribution is 5.31. The number of ether oxygens (including phenoxy) is 2. The Hall–Kier alpha value is -1.78. The predicted octanol–water partition coefficient (Wildman–Crippen LogP) is 6.22. The molecule has 4 heteroatoms. The number of hydrogen-bond acceptors (Lipinski definition) is 4. The summed E-state index contributed by atoms with van der Waals surface area (Å²) in [4.78, 5) is 0. The van der Waals surface area contributed by atoms with Crippen LogP contribution in [-0.4, -0.2) is 35.6 Å². The Bertz CT molecular complexity index is 514. The largest absolute Gasteiger partial charge is 0.491 e. The van der Waals surface area contributed by atoms with E-state index in [-0.39, 0.29) is 13.2 Å². The first kappa shape index (κ1) is 26.3. The highest BCUT2D eigenvalue weighted by atomic mass is 16.5. The Morgan fingerprint density at radius 1 is 0.667 bits per heavy atom. The van der Waals surface area contributed by atoms with E-state index in [4.69, 9.17) is 9.47 Å². The van der Waals surface area contributed by atoms with Gasteiger partial charge in [-0.15, -0.1) is 0 Å². The monoisotopic (exact) mass is 418 g/mol. The van der Waals surface area contributed by atoms with Crippen LogP contribution in [-0.2, 0) is 0 Å². The molecule has 2 N–H and O–H groups in total. The van der Waals surface area contributed by atoms with Crippen LogP contribution in [0.1, 0.15) is 78.1 Å². The summed E-state index contributed by atoms with van der Waals surface area (Å²) in [5.41, 5.74) is 0. The molecule has 2 atom stereocenters. The number of rotatable bonds is 18. The number of aliphatic hydroxyl groups excluding tert-OH is 2. The van der Waals surface area contributed by atoms with Crippen LogP contribution in [0.2, 0.25) is 0 Å². The van der Waals surface area contributed by atoms with Crippen LogP contribution < -0.4 is 9.47 Å². The molecule has 1 rings (SSSR count). The molecule has 0 saturated carbocycles. The quantitative estimate of drug-likeness (QED) is 0.219. The first-order valence-corrected chi connectivity index (χ1v) is 11.7. The van der Waals surface area contributed by atoms with Crippen molar-refractivity contribution in [2.75, 3.05) is 13.2 Å². The van der Waals surface area contributed by atoms with Crippen LogP contribution in [0, 0.1) is 0 Å². The van der Waals surface area contributed by atoms with Gasteiger partial charge in [0.05, 0.1) is 12.2 Å². The van der Waals surface area contributed by atoms with Crippen LogP contribution in [0.5, 0.6) is 11.5 Å². The molecule has 0 fully saturated rings.